The van der Waals surface area contributed by atoms with Gasteiger partial charge in [-0.25, -0.2) is 4.98 Å². The summed E-state index contributed by atoms with van der Waals surface area (Å²) in [5.74, 6) is 1.54. The zero-order valence-corrected chi connectivity index (χ0v) is 21.4. The minimum Gasteiger partial charge on any atom is -0.342 e. The summed E-state index contributed by atoms with van der Waals surface area (Å²) in [5.41, 5.74) is 7.59. The predicted molar refractivity (Wildman–Crippen MR) is 149 cm³/mol. The molecule has 2 aromatic carbocycles. The van der Waals surface area contributed by atoms with Crippen molar-refractivity contribution < 1.29 is 0 Å². The molecule has 0 amide bonds. The van der Waals surface area contributed by atoms with Gasteiger partial charge in [0, 0.05) is 29.4 Å². The molecule has 0 fully saturated rings. The molecule has 37 heavy (non-hydrogen) atoms. The number of hydrogen-bond donors (Lipinski definition) is 1. The van der Waals surface area contributed by atoms with Gasteiger partial charge in [0.2, 0.25) is 0 Å². The summed E-state index contributed by atoms with van der Waals surface area (Å²) in [6.45, 7) is 8.63. The third kappa shape index (κ3) is 5.14. The first kappa shape index (κ1) is 24.4. The average Bonchev–Trinajstić information content (AvgIpc) is 3.36. The molecule has 186 valence electrons. The number of benzene rings is 2. The Morgan fingerprint density at radius 1 is 1.03 bits per heavy atom. The van der Waals surface area contributed by atoms with Crippen LogP contribution in [0.1, 0.15) is 48.0 Å². The van der Waals surface area contributed by atoms with Crippen molar-refractivity contribution in [2.45, 2.75) is 39.5 Å². The maximum atomic E-state index is 13.8. The minimum atomic E-state index is -0.0217. The molecule has 1 aliphatic heterocycles. The number of rotatable bonds is 8. The lowest BCUT2D eigenvalue weighted by molar-refractivity contribution is 0.733. The summed E-state index contributed by atoms with van der Waals surface area (Å²) in [7, 11) is 0. The fraction of sp³-hybridized carbons (Fsp3) is 0.226. The third-order valence-electron chi connectivity index (χ3n) is 6.65. The van der Waals surface area contributed by atoms with Crippen molar-refractivity contribution in [2.75, 3.05) is 6.54 Å². The van der Waals surface area contributed by atoms with Crippen molar-refractivity contribution in [1.82, 2.24) is 19.9 Å². The number of nitrogens with one attached hydrogen (secondary N) is 1. The van der Waals surface area contributed by atoms with Gasteiger partial charge in [-0.15, -0.1) is 0 Å². The third-order valence-corrected chi connectivity index (χ3v) is 6.65. The molecule has 5 rings (SSSR count). The van der Waals surface area contributed by atoms with Crippen LogP contribution in [0.3, 0.4) is 0 Å². The van der Waals surface area contributed by atoms with E-state index >= 15 is 0 Å². The smallest absolute Gasteiger partial charge is 0.261 e. The van der Waals surface area contributed by atoms with Crippen LogP contribution in [0.2, 0.25) is 0 Å². The highest BCUT2D eigenvalue weighted by Gasteiger charge is 2.18. The van der Waals surface area contributed by atoms with Crippen LogP contribution < -0.4 is 10.9 Å². The Bertz CT molecular complexity index is 1520. The van der Waals surface area contributed by atoms with Crippen molar-refractivity contribution >= 4 is 5.84 Å². The molecule has 0 spiro atoms. The van der Waals surface area contributed by atoms with E-state index in [1.54, 1.807) is 17.0 Å². The van der Waals surface area contributed by atoms with Crippen LogP contribution in [-0.4, -0.2) is 26.9 Å². The Morgan fingerprint density at radius 3 is 2.49 bits per heavy atom. The van der Waals surface area contributed by atoms with Gasteiger partial charge in [-0.1, -0.05) is 68.5 Å². The minimum absolute atomic E-state index is 0.0217. The molecule has 0 saturated heterocycles. The SMILES string of the molecule is C=C1CN=C(c2ccccc2-c2ccc(Cc3c(CCCC)nc(C)n(-c4cccnc4)c3=O)cc2)N1. The number of pyridine rings is 1. The highest BCUT2D eigenvalue weighted by Crippen LogP contribution is 2.26. The van der Waals surface area contributed by atoms with E-state index in [1.165, 1.54) is 0 Å². The summed E-state index contributed by atoms with van der Waals surface area (Å²) in [4.78, 5) is 27.4. The largest absolute Gasteiger partial charge is 0.342 e. The van der Waals surface area contributed by atoms with Crippen LogP contribution in [0.4, 0.5) is 0 Å². The van der Waals surface area contributed by atoms with E-state index in [2.05, 4.69) is 65.2 Å². The number of hydrogen-bond acceptors (Lipinski definition) is 5. The van der Waals surface area contributed by atoms with Gasteiger partial charge in [-0.3, -0.25) is 19.3 Å². The molecule has 1 aliphatic rings. The van der Waals surface area contributed by atoms with Crippen LogP contribution in [0.25, 0.3) is 16.8 Å². The fourth-order valence-electron chi connectivity index (χ4n) is 4.76. The maximum Gasteiger partial charge on any atom is 0.261 e. The summed E-state index contributed by atoms with van der Waals surface area (Å²) in [5, 5.41) is 3.28. The van der Waals surface area contributed by atoms with E-state index in [4.69, 9.17) is 4.98 Å². The highest BCUT2D eigenvalue weighted by molar-refractivity contribution is 6.06. The molecule has 1 N–H and O–H groups in total. The molecule has 0 unspecified atom stereocenters. The first-order valence-electron chi connectivity index (χ1n) is 12.7. The Kier molecular flexibility index (Phi) is 7.08. The van der Waals surface area contributed by atoms with E-state index < -0.39 is 0 Å². The molecule has 4 aromatic rings. The lowest BCUT2D eigenvalue weighted by Gasteiger charge is -2.16. The van der Waals surface area contributed by atoms with Gasteiger partial charge in [-0.2, -0.15) is 0 Å². The topological polar surface area (TPSA) is 72.2 Å². The van der Waals surface area contributed by atoms with E-state index in [9.17, 15) is 4.79 Å². The van der Waals surface area contributed by atoms with Gasteiger partial charge >= 0.3 is 0 Å². The maximum absolute atomic E-state index is 13.8. The summed E-state index contributed by atoms with van der Waals surface area (Å²) < 4.78 is 1.67. The van der Waals surface area contributed by atoms with Gasteiger partial charge in [-0.05, 0) is 48.6 Å². The van der Waals surface area contributed by atoms with Crippen molar-refractivity contribution in [3.05, 3.63) is 124 Å². The summed E-state index contributed by atoms with van der Waals surface area (Å²) >= 11 is 0. The number of aromatic nitrogens is 3. The van der Waals surface area contributed by atoms with Gasteiger partial charge in [0.25, 0.3) is 5.56 Å². The second-order valence-electron chi connectivity index (χ2n) is 9.35. The Balaban J connectivity index is 1.49. The molecule has 0 bridgehead atoms. The number of aryl methyl sites for hydroxylation is 2. The monoisotopic (exact) mass is 489 g/mol. The van der Waals surface area contributed by atoms with Crippen LogP contribution in [0, 0.1) is 6.92 Å². The molecule has 0 radical (unpaired) electrons. The fourth-order valence-corrected chi connectivity index (χ4v) is 4.76. The Morgan fingerprint density at radius 2 is 1.81 bits per heavy atom. The average molecular weight is 490 g/mol. The van der Waals surface area contributed by atoms with Crippen LogP contribution in [-0.2, 0) is 12.8 Å². The molecule has 6 nitrogen and oxygen atoms in total. The van der Waals surface area contributed by atoms with Crippen molar-refractivity contribution in [2.24, 2.45) is 4.99 Å². The molecule has 0 atom stereocenters. The highest BCUT2D eigenvalue weighted by atomic mass is 16.1. The van der Waals surface area contributed by atoms with Crippen LogP contribution in [0.5, 0.6) is 0 Å². The number of nitrogens with zero attached hydrogens (tertiary/aromatic N) is 4. The van der Waals surface area contributed by atoms with E-state index in [1.807, 2.05) is 31.2 Å². The molecular formula is C31H31N5O. The zero-order chi connectivity index (χ0) is 25.8. The number of unbranched alkanes of at least 4 members (excludes halogenated alkanes) is 1. The zero-order valence-electron chi connectivity index (χ0n) is 21.4. The standard InChI is InChI=1S/C31H31N5O/c1-4-5-12-29-28(31(37)36(22(3)35-29)25-9-8-17-32-20-25)18-23-13-15-24(16-14-23)26-10-6-7-11-27(26)30-33-19-21(2)34-30/h6-11,13-17,20H,2,4-5,12,18-19H2,1,3H3,(H,33,34). The second kappa shape index (κ2) is 10.7. The van der Waals surface area contributed by atoms with E-state index in [0.717, 1.165) is 70.0 Å². The normalized spacial score (nSPS) is 12.9. The van der Waals surface area contributed by atoms with Crippen molar-refractivity contribution in [1.29, 1.82) is 0 Å². The van der Waals surface area contributed by atoms with E-state index in [0.29, 0.717) is 18.8 Å². The molecule has 3 heterocycles. The Labute approximate surface area is 217 Å². The molecular weight excluding hydrogens is 458 g/mol. The van der Waals surface area contributed by atoms with E-state index in [-0.39, 0.29) is 5.56 Å². The lowest BCUT2D eigenvalue weighted by atomic mass is 9.96. The van der Waals surface area contributed by atoms with Gasteiger partial charge in [0.15, 0.2) is 0 Å². The second-order valence-corrected chi connectivity index (χ2v) is 9.35. The lowest BCUT2D eigenvalue weighted by Crippen LogP contribution is -2.28. The quantitative estimate of drug-likeness (QED) is 0.360. The Hall–Kier alpha value is -4.32. The van der Waals surface area contributed by atoms with Crippen molar-refractivity contribution in [3.8, 4) is 16.8 Å². The molecule has 0 saturated carbocycles. The van der Waals surface area contributed by atoms with Gasteiger partial charge in [0.1, 0.15) is 11.7 Å². The van der Waals surface area contributed by atoms with Gasteiger partial charge in [0.05, 0.1) is 24.1 Å². The van der Waals surface area contributed by atoms with Crippen LogP contribution >= 0.6 is 0 Å². The molecule has 0 aliphatic carbocycles. The summed E-state index contributed by atoms with van der Waals surface area (Å²) in [6, 6.07) is 20.4. The number of amidine groups is 1. The first-order chi connectivity index (χ1) is 18.0. The summed E-state index contributed by atoms with van der Waals surface area (Å²) in [6.07, 6.45) is 6.78. The molecule has 6 heteroatoms. The van der Waals surface area contributed by atoms with Crippen molar-refractivity contribution in [3.63, 3.8) is 0 Å². The van der Waals surface area contributed by atoms with Gasteiger partial charge < -0.3 is 5.32 Å². The molecule has 2 aromatic heterocycles. The number of aliphatic imine (C=N–C) groups is 1. The first-order valence-corrected chi connectivity index (χ1v) is 12.7. The van der Waals surface area contributed by atoms with Crippen LogP contribution in [0.15, 0.2) is 95.1 Å². The predicted octanol–water partition coefficient (Wildman–Crippen LogP) is 5.40.